The van der Waals surface area contributed by atoms with E-state index in [9.17, 15) is 0 Å². The Hall–Kier alpha value is -0.940. The van der Waals surface area contributed by atoms with Gasteiger partial charge in [-0.15, -0.1) is 10.2 Å². The Morgan fingerprint density at radius 1 is 1.33 bits per heavy atom. The Labute approximate surface area is 107 Å². The van der Waals surface area contributed by atoms with Gasteiger partial charge in [-0.3, -0.25) is 0 Å². The molecule has 1 aromatic rings. The molecule has 0 amide bonds. The number of aromatic nitrogens is 2. The average Bonchev–Trinajstić information content (AvgIpc) is 2.68. The van der Waals surface area contributed by atoms with Crippen LogP contribution in [0.4, 0.5) is 0 Å². The third-order valence-corrected chi connectivity index (χ3v) is 3.80. The fourth-order valence-corrected chi connectivity index (χ4v) is 2.19. The molecule has 3 rings (SSSR count). The lowest BCUT2D eigenvalue weighted by Crippen LogP contribution is -2.32. The molecule has 1 unspecified atom stereocenters. The summed E-state index contributed by atoms with van der Waals surface area (Å²) < 4.78 is 16.7. The van der Waals surface area contributed by atoms with Crippen molar-refractivity contribution in [3.8, 4) is 0 Å². The smallest absolute Gasteiger partial charge is 0.245 e. The Kier molecular flexibility index (Phi) is 3.61. The van der Waals surface area contributed by atoms with Gasteiger partial charge in [-0.25, -0.2) is 0 Å². The van der Waals surface area contributed by atoms with E-state index in [0.717, 1.165) is 32.1 Å². The molecule has 2 heterocycles. The number of nitrogens with zero attached hydrogens (tertiary/aromatic N) is 2. The van der Waals surface area contributed by atoms with Crippen LogP contribution in [0.2, 0.25) is 0 Å². The first-order valence-electron chi connectivity index (χ1n) is 6.89. The van der Waals surface area contributed by atoms with E-state index < -0.39 is 0 Å². The Balaban J connectivity index is 1.57. The Morgan fingerprint density at radius 3 is 2.72 bits per heavy atom. The van der Waals surface area contributed by atoms with Crippen LogP contribution in [0.1, 0.15) is 56.4 Å². The molecule has 1 aliphatic heterocycles. The number of hydrogen-bond acceptors (Lipinski definition) is 5. The van der Waals surface area contributed by atoms with Crippen molar-refractivity contribution >= 4 is 0 Å². The maximum absolute atomic E-state index is 5.85. The highest BCUT2D eigenvalue weighted by Crippen LogP contribution is 2.36. The normalized spacial score (nSPS) is 22.5. The van der Waals surface area contributed by atoms with E-state index >= 15 is 0 Å². The molecule has 0 spiro atoms. The first kappa shape index (κ1) is 12.1. The second-order valence-electron chi connectivity index (χ2n) is 5.24. The van der Waals surface area contributed by atoms with Gasteiger partial charge in [-0.05, 0) is 19.3 Å². The van der Waals surface area contributed by atoms with Crippen molar-refractivity contribution in [3.05, 3.63) is 11.8 Å². The van der Waals surface area contributed by atoms with E-state index in [1.807, 2.05) is 0 Å². The summed E-state index contributed by atoms with van der Waals surface area (Å²) in [4.78, 5) is 0. The van der Waals surface area contributed by atoms with E-state index in [2.05, 4.69) is 17.1 Å². The number of hydrogen-bond donors (Lipinski definition) is 0. The van der Waals surface area contributed by atoms with Crippen molar-refractivity contribution in [1.82, 2.24) is 10.2 Å². The van der Waals surface area contributed by atoms with Crippen LogP contribution in [0, 0.1) is 5.92 Å². The largest absolute Gasteiger partial charge is 0.422 e. The van der Waals surface area contributed by atoms with Crippen molar-refractivity contribution in [2.24, 2.45) is 5.92 Å². The van der Waals surface area contributed by atoms with Gasteiger partial charge >= 0.3 is 0 Å². The van der Waals surface area contributed by atoms with Gasteiger partial charge in [-0.2, -0.15) is 0 Å². The molecule has 5 nitrogen and oxygen atoms in total. The van der Waals surface area contributed by atoms with Crippen LogP contribution in [0.3, 0.4) is 0 Å². The van der Waals surface area contributed by atoms with Crippen LogP contribution in [-0.2, 0) is 9.47 Å². The third-order valence-electron chi connectivity index (χ3n) is 3.80. The first-order valence-corrected chi connectivity index (χ1v) is 6.89. The summed E-state index contributed by atoms with van der Waals surface area (Å²) in [6.07, 6.45) is 4.43. The molecule has 1 saturated carbocycles. The lowest BCUT2D eigenvalue weighted by Gasteiger charge is -2.27. The van der Waals surface area contributed by atoms with Crippen LogP contribution < -0.4 is 0 Å². The first-order chi connectivity index (χ1) is 8.86. The zero-order valence-corrected chi connectivity index (χ0v) is 10.8. The molecule has 1 aromatic heterocycles. The molecule has 2 aliphatic rings. The molecule has 100 valence electrons. The molecular formula is C13H20N2O3. The minimum absolute atomic E-state index is 0.0630. The highest BCUT2D eigenvalue weighted by molar-refractivity contribution is 4.97. The summed E-state index contributed by atoms with van der Waals surface area (Å²) >= 11 is 0. The summed E-state index contributed by atoms with van der Waals surface area (Å²) in [5.41, 5.74) is 0. The van der Waals surface area contributed by atoms with Crippen LogP contribution >= 0.6 is 0 Å². The van der Waals surface area contributed by atoms with Gasteiger partial charge in [0.05, 0.1) is 19.8 Å². The van der Waals surface area contributed by atoms with Crippen molar-refractivity contribution in [3.63, 3.8) is 0 Å². The minimum Gasteiger partial charge on any atom is -0.422 e. The Bertz CT molecular complexity index is 385. The van der Waals surface area contributed by atoms with Crippen molar-refractivity contribution in [2.45, 2.75) is 44.6 Å². The second kappa shape index (κ2) is 5.36. The van der Waals surface area contributed by atoms with Gasteiger partial charge in [0.15, 0.2) is 0 Å². The molecule has 0 radical (unpaired) electrons. The van der Waals surface area contributed by atoms with Crippen LogP contribution in [0.5, 0.6) is 0 Å². The van der Waals surface area contributed by atoms with Crippen LogP contribution in [0.15, 0.2) is 4.42 Å². The zero-order chi connectivity index (χ0) is 12.4. The van der Waals surface area contributed by atoms with Crippen molar-refractivity contribution in [1.29, 1.82) is 0 Å². The fraction of sp³-hybridized carbons (Fsp3) is 0.846. The average molecular weight is 252 g/mol. The predicted octanol–water partition coefficient (Wildman–Crippen LogP) is 2.45. The van der Waals surface area contributed by atoms with E-state index in [1.54, 1.807) is 0 Å². The zero-order valence-electron chi connectivity index (χ0n) is 10.8. The summed E-state index contributed by atoms with van der Waals surface area (Å²) in [6.45, 7) is 4.43. The maximum Gasteiger partial charge on any atom is 0.245 e. The van der Waals surface area contributed by atoms with Crippen LogP contribution in [-0.4, -0.2) is 30.0 Å². The molecule has 18 heavy (non-hydrogen) atoms. The summed E-state index contributed by atoms with van der Waals surface area (Å²) in [7, 11) is 0. The van der Waals surface area contributed by atoms with Gasteiger partial charge in [0, 0.05) is 11.8 Å². The maximum atomic E-state index is 5.85. The predicted molar refractivity (Wildman–Crippen MR) is 64.2 cm³/mol. The molecule has 5 heteroatoms. The molecule has 0 bridgehead atoms. The van der Waals surface area contributed by atoms with E-state index in [1.165, 1.54) is 19.3 Å². The fourth-order valence-electron chi connectivity index (χ4n) is 2.19. The highest BCUT2D eigenvalue weighted by Gasteiger charge is 2.28. The van der Waals surface area contributed by atoms with Gasteiger partial charge < -0.3 is 13.9 Å². The van der Waals surface area contributed by atoms with E-state index in [4.69, 9.17) is 13.9 Å². The number of ether oxygens (including phenoxy) is 2. The van der Waals surface area contributed by atoms with Gasteiger partial charge in [0.25, 0.3) is 0 Å². The molecule has 2 fully saturated rings. The second-order valence-corrected chi connectivity index (χ2v) is 5.24. The molecule has 1 saturated heterocycles. The minimum atomic E-state index is -0.0630. The van der Waals surface area contributed by atoms with Gasteiger partial charge in [0.1, 0.15) is 6.10 Å². The van der Waals surface area contributed by atoms with E-state index in [0.29, 0.717) is 17.7 Å². The summed E-state index contributed by atoms with van der Waals surface area (Å²) in [5, 5.41) is 8.29. The lowest BCUT2D eigenvalue weighted by molar-refractivity contribution is -0.0925. The molecule has 0 aromatic carbocycles. The molecule has 1 aliphatic carbocycles. The topological polar surface area (TPSA) is 57.4 Å². The third kappa shape index (κ3) is 2.42. The number of rotatable bonds is 6. The van der Waals surface area contributed by atoms with E-state index in [-0.39, 0.29) is 6.10 Å². The molecule has 1 atom stereocenters. The van der Waals surface area contributed by atoms with Crippen molar-refractivity contribution in [2.75, 3.05) is 19.8 Å². The summed E-state index contributed by atoms with van der Waals surface area (Å²) in [6, 6.07) is 0. The van der Waals surface area contributed by atoms with Gasteiger partial charge in [0.2, 0.25) is 11.8 Å². The molecule has 0 N–H and O–H groups in total. The van der Waals surface area contributed by atoms with Crippen molar-refractivity contribution < 1.29 is 13.9 Å². The highest BCUT2D eigenvalue weighted by atomic mass is 16.5. The quantitative estimate of drug-likeness (QED) is 0.778. The standard InChI is InChI=1S/C13H20N2O3/c1-2-11(17-8-9-6-16-7-9)13-15-14-12(18-13)10-4-3-5-10/h9-11H,2-8H2,1H3. The lowest BCUT2D eigenvalue weighted by atomic mass is 9.85. The Morgan fingerprint density at radius 2 is 2.17 bits per heavy atom. The summed E-state index contributed by atoms with van der Waals surface area (Å²) in [5.74, 6) is 2.46. The SMILES string of the molecule is CCC(OCC1COC1)c1nnc(C2CCC2)o1. The molecular weight excluding hydrogens is 232 g/mol. The van der Waals surface area contributed by atoms with Gasteiger partial charge in [-0.1, -0.05) is 13.3 Å². The van der Waals surface area contributed by atoms with Crippen LogP contribution in [0.25, 0.3) is 0 Å². The monoisotopic (exact) mass is 252 g/mol.